The fourth-order valence-electron chi connectivity index (χ4n) is 2.53. The first kappa shape index (κ1) is 10.5. The van der Waals surface area contributed by atoms with Crippen molar-refractivity contribution in [2.75, 3.05) is 6.61 Å². The maximum Gasteiger partial charge on any atom is 0.410 e. The Morgan fingerprint density at radius 1 is 1.40 bits per heavy atom. The lowest BCUT2D eigenvalue weighted by atomic mass is 10.0. The van der Waals surface area contributed by atoms with Crippen LogP contribution in [0.5, 0.6) is 0 Å². The van der Waals surface area contributed by atoms with E-state index in [0.29, 0.717) is 25.2 Å². The van der Waals surface area contributed by atoms with Gasteiger partial charge in [0.15, 0.2) is 0 Å². The number of hydrogen-bond acceptors (Lipinski definition) is 3. The molecule has 2 unspecified atom stereocenters. The number of ketones is 1. The molecule has 2 bridgehead atoms. The maximum atomic E-state index is 11.7. The van der Waals surface area contributed by atoms with Gasteiger partial charge in [0.1, 0.15) is 5.78 Å². The number of amides is 1. The van der Waals surface area contributed by atoms with Crippen LogP contribution < -0.4 is 0 Å². The van der Waals surface area contributed by atoms with Crippen molar-refractivity contribution in [1.82, 2.24) is 4.90 Å². The second kappa shape index (κ2) is 4.21. The van der Waals surface area contributed by atoms with Crippen LogP contribution in [0.4, 0.5) is 4.79 Å². The Morgan fingerprint density at radius 2 is 2.00 bits per heavy atom. The van der Waals surface area contributed by atoms with Crippen LogP contribution in [0.2, 0.25) is 0 Å². The molecule has 0 aromatic heterocycles. The van der Waals surface area contributed by atoms with Crippen LogP contribution in [-0.4, -0.2) is 35.5 Å². The Balaban J connectivity index is 1.98. The van der Waals surface area contributed by atoms with E-state index < -0.39 is 0 Å². The van der Waals surface area contributed by atoms with E-state index in [-0.39, 0.29) is 18.2 Å². The van der Waals surface area contributed by atoms with Gasteiger partial charge >= 0.3 is 6.09 Å². The lowest BCUT2D eigenvalue weighted by Crippen LogP contribution is -2.47. The van der Waals surface area contributed by atoms with Crippen LogP contribution in [0.3, 0.4) is 0 Å². The van der Waals surface area contributed by atoms with Gasteiger partial charge in [-0.2, -0.15) is 0 Å². The normalized spacial score (nSPS) is 29.4. The van der Waals surface area contributed by atoms with E-state index in [2.05, 4.69) is 0 Å². The van der Waals surface area contributed by atoms with Crippen molar-refractivity contribution in [2.24, 2.45) is 0 Å². The molecule has 2 rings (SSSR count). The van der Waals surface area contributed by atoms with Gasteiger partial charge in [-0.3, -0.25) is 4.79 Å². The quantitative estimate of drug-likeness (QED) is 0.698. The van der Waals surface area contributed by atoms with Crippen molar-refractivity contribution >= 4 is 11.9 Å². The van der Waals surface area contributed by atoms with Crippen LogP contribution in [-0.2, 0) is 9.53 Å². The number of hydrogen-bond donors (Lipinski definition) is 0. The minimum Gasteiger partial charge on any atom is -0.449 e. The molecule has 1 amide bonds. The zero-order valence-corrected chi connectivity index (χ0v) is 9.07. The Hall–Kier alpha value is -1.06. The summed E-state index contributed by atoms with van der Waals surface area (Å²) in [6.45, 7) is 2.45. The van der Waals surface area contributed by atoms with Crippen molar-refractivity contribution in [3.05, 3.63) is 0 Å². The minimum atomic E-state index is -0.225. The van der Waals surface area contributed by atoms with Gasteiger partial charge in [-0.1, -0.05) is 6.92 Å². The second-order valence-corrected chi connectivity index (χ2v) is 4.35. The lowest BCUT2D eigenvalue weighted by molar-refractivity contribution is -0.123. The molecule has 2 atom stereocenters. The predicted octanol–water partition coefficient (Wildman–Crippen LogP) is 1.73. The van der Waals surface area contributed by atoms with E-state index in [1.165, 1.54) is 0 Å². The maximum absolute atomic E-state index is 11.7. The molecule has 84 valence electrons. The zero-order chi connectivity index (χ0) is 10.8. The summed E-state index contributed by atoms with van der Waals surface area (Å²) in [6, 6.07) is 0.223. The molecule has 15 heavy (non-hydrogen) atoms. The first-order valence-electron chi connectivity index (χ1n) is 5.69. The van der Waals surface area contributed by atoms with Crippen molar-refractivity contribution in [3.8, 4) is 0 Å². The van der Waals surface area contributed by atoms with Gasteiger partial charge in [-0.15, -0.1) is 0 Å². The summed E-state index contributed by atoms with van der Waals surface area (Å²) in [6.07, 6.45) is 3.58. The first-order chi connectivity index (χ1) is 7.22. The van der Waals surface area contributed by atoms with Gasteiger partial charge in [-0.05, 0) is 19.3 Å². The van der Waals surface area contributed by atoms with E-state index >= 15 is 0 Å². The molecular formula is C11H17NO3. The van der Waals surface area contributed by atoms with Crippen LogP contribution in [0.15, 0.2) is 0 Å². The van der Waals surface area contributed by atoms with Gasteiger partial charge in [0.05, 0.1) is 6.61 Å². The van der Waals surface area contributed by atoms with Gasteiger partial charge < -0.3 is 9.64 Å². The molecule has 0 radical (unpaired) electrons. The Labute approximate surface area is 89.6 Å². The summed E-state index contributed by atoms with van der Waals surface area (Å²) in [5.41, 5.74) is 0. The number of piperidine rings is 1. The number of rotatable bonds is 2. The van der Waals surface area contributed by atoms with Crippen LogP contribution in [0.25, 0.3) is 0 Å². The van der Waals surface area contributed by atoms with Gasteiger partial charge in [-0.25, -0.2) is 4.79 Å². The molecule has 2 saturated heterocycles. The summed E-state index contributed by atoms with van der Waals surface area (Å²) in [4.78, 5) is 24.8. The molecule has 2 heterocycles. The highest BCUT2D eigenvalue weighted by atomic mass is 16.6. The number of carbonyl (C=O) groups is 2. The van der Waals surface area contributed by atoms with Crippen LogP contribution >= 0.6 is 0 Å². The third kappa shape index (κ3) is 1.98. The van der Waals surface area contributed by atoms with E-state index in [9.17, 15) is 9.59 Å². The lowest BCUT2D eigenvalue weighted by Gasteiger charge is -2.32. The average molecular weight is 211 g/mol. The average Bonchev–Trinajstić information content (AvgIpc) is 2.48. The number of carbonyl (C=O) groups excluding carboxylic acids is 2. The first-order valence-corrected chi connectivity index (χ1v) is 5.69. The SMILES string of the molecule is CCCOC(=O)N1C2CCC1CC(=O)C2. The van der Waals surface area contributed by atoms with Crippen molar-refractivity contribution in [1.29, 1.82) is 0 Å². The number of ether oxygens (including phenoxy) is 1. The third-order valence-corrected chi connectivity index (χ3v) is 3.19. The molecule has 2 aliphatic rings. The summed E-state index contributed by atoms with van der Waals surface area (Å²) in [5, 5.41) is 0. The zero-order valence-electron chi connectivity index (χ0n) is 9.07. The summed E-state index contributed by atoms with van der Waals surface area (Å²) in [5.74, 6) is 0.294. The van der Waals surface area contributed by atoms with Gasteiger partial charge in [0, 0.05) is 24.9 Å². The summed E-state index contributed by atoms with van der Waals surface area (Å²) >= 11 is 0. The second-order valence-electron chi connectivity index (χ2n) is 4.35. The van der Waals surface area contributed by atoms with Crippen LogP contribution in [0, 0.1) is 0 Å². The molecule has 0 spiro atoms. The van der Waals surface area contributed by atoms with Crippen molar-refractivity contribution < 1.29 is 14.3 Å². The number of nitrogens with zero attached hydrogens (tertiary/aromatic N) is 1. The molecule has 2 aliphatic heterocycles. The number of Topliss-reactive ketones (excluding diaryl/α,β-unsaturated/α-hetero) is 1. The Bertz CT molecular complexity index is 261. The summed E-state index contributed by atoms with van der Waals surface area (Å²) in [7, 11) is 0. The molecule has 4 heteroatoms. The standard InChI is InChI=1S/C11H17NO3/c1-2-5-15-11(14)12-8-3-4-9(12)7-10(13)6-8/h8-9H,2-7H2,1H3. The molecule has 4 nitrogen and oxygen atoms in total. The largest absolute Gasteiger partial charge is 0.449 e. The molecule has 0 saturated carbocycles. The predicted molar refractivity (Wildman–Crippen MR) is 54.5 cm³/mol. The van der Waals surface area contributed by atoms with E-state index in [1.807, 2.05) is 6.92 Å². The van der Waals surface area contributed by atoms with Crippen LogP contribution in [0.1, 0.15) is 39.0 Å². The molecule has 0 N–H and O–H groups in total. The van der Waals surface area contributed by atoms with Gasteiger partial charge in [0.2, 0.25) is 0 Å². The highest BCUT2D eigenvalue weighted by Gasteiger charge is 2.43. The Morgan fingerprint density at radius 3 is 2.53 bits per heavy atom. The fraction of sp³-hybridized carbons (Fsp3) is 0.818. The molecule has 2 fully saturated rings. The van der Waals surface area contributed by atoms with E-state index in [0.717, 1.165) is 19.3 Å². The van der Waals surface area contributed by atoms with E-state index in [4.69, 9.17) is 4.74 Å². The Kier molecular flexibility index (Phi) is 2.93. The molecule has 0 aromatic carbocycles. The summed E-state index contributed by atoms with van der Waals surface area (Å²) < 4.78 is 5.12. The fourth-order valence-corrected chi connectivity index (χ4v) is 2.53. The highest BCUT2D eigenvalue weighted by molar-refractivity contribution is 5.83. The molecule has 0 aromatic rings. The molecular weight excluding hydrogens is 194 g/mol. The monoisotopic (exact) mass is 211 g/mol. The molecule has 0 aliphatic carbocycles. The highest BCUT2D eigenvalue weighted by Crippen LogP contribution is 2.34. The van der Waals surface area contributed by atoms with E-state index in [1.54, 1.807) is 4.90 Å². The smallest absolute Gasteiger partial charge is 0.410 e. The van der Waals surface area contributed by atoms with Gasteiger partial charge in [0.25, 0.3) is 0 Å². The minimum absolute atomic E-state index is 0.112. The van der Waals surface area contributed by atoms with Crippen molar-refractivity contribution in [3.63, 3.8) is 0 Å². The number of fused-ring (bicyclic) bond motifs is 2. The van der Waals surface area contributed by atoms with Crippen molar-refractivity contribution in [2.45, 2.75) is 51.1 Å². The topological polar surface area (TPSA) is 46.6 Å². The third-order valence-electron chi connectivity index (χ3n) is 3.19.